The molecule has 7 nitrogen and oxygen atoms in total. The summed E-state index contributed by atoms with van der Waals surface area (Å²) in [5, 5.41) is 3.89. The average Bonchev–Trinajstić information content (AvgIpc) is 2.68. The highest BCUT2D eigenvalue weighted by Gasteiger charge is 2.18. The van der Waals surface area contributed by atoms with Crippen molar-refractivity contribution in [2.24, 2.45) is 0 Å². The van der Waals surface area contributed by atoms with Crippen molar-refractivity contribution in [3.63, 3.8) is 0 Å². The number of aromatic nitrogens is 1. The molecule has 1 heterocycles. The zero-order chi connectivity index (χ0) is 19.4. The molecule has 0 unspecified atom stereocenters. The molecule has 1 aromatic heterocycles. The van der Waals surface area contributed by atoms with Gasteiger partial charge in [0.1, 0.15) is 5.56 Å². The number of hydrogen-bond acceptors (Lipinski definition) is 6. The first-order valence-electron chi connectivity index (χ1n) is 8.31. The summed E-state index contributed by atoms with van der Waals surface area (Å²) in [6, 6.07) is 13.7. The van der Waals surface area contributed by atoms with E-state index in [4.69, 9.17) is 4.74 Å². The lowest BCUT2D eigenvalue weighted by atomic mass is 10.1. The van der Waals surface area contributed by atoms with Crippen LogP contribution in [-0.2, 0) is 14.8 Å². The Balaban J connectivity index is 2.12. The van der Waals surface area contributed by atoms with Crippen molar-refractivity contribution in [3.05, 3.63) is 60.3 Å². The zero-order valence-electron chi connectivity index (χ0n) is 14.9. The third-order valence-electron chi connectivity index (χ3n) is 3.95. The molecule has 0 amide bonds. The third-order valence-corrected chi connectivity index (χ3v) is 5.37. The average molecular weight is 385 g/mol. The summed E-state index contributed by atoms with van der Waals surface area (Å²) in [6.07, 6.45) is 1.46. The number of carbonyl (C=O) groups is 1. The minimum atomic E-state index is -3.58. The van der Waals surface area contributed by atoms with E-state index in [1.165, 1.54) is 25.4 Å². The SMILES string of the molecule is CCOC(=O)c1cnc2ccccc2c1Nc1cccc(S(=O)(=O)NC)c1. The fourth-order valence-corrected chi connectivity index (χ4v) is 3.42. The van der Waals surface area contributed by atoms with Gasteiger partial charge in [-0.1, -0.05) is 24.3 Å². The molecule has 8 heteroatoms. The van der Waals surface area contributed by atoms with Crippen molar-refractivity contribution in [1.82, 2.24) is 9.71 Å². The lowest BCUT2D eigenvalue weighted by Gasteiger charge is -2.15. The van der Waals surface area contributed by atoms with E-state index in [1.54, 1.807) is 19.1 Å². The molecule has 0 aliphatic rings. The number of benzene rings is 2. The number of anilines is 2. The van der Waals surface area contributed by atoms with Crippen LogP contribution in [0.5, 0.6) is 0 Å². The fraction of sp³-hybridized carbons (Fsp3) is 0.158. The lowest BCUT2D eigenvalue weighted by molar-refractivity contribution is 0.0527. The van der Waals surface area contributed by atoms with Gasteiger partial charge in [0.2, 0.25) is 10.0 Å². The molecule has 0 bridgehead atoms. The van der Waals surface area contributed by atoms with Crippen molar-refractivity contribution in [2.75, 3.05) is 19.0 Å². The van der Waals surface area contributed by atoms with E-state index in [9.17, 15) is 13.2 Å². The Hall–Kier alpha value is -2.97. The van der Waals surface area contributed by atoms with Gasteiger partial charge in [0.05, 0.1) is 22.7 Å². The Bertz CT molecular complexity index is 1100. The minimum absolute atomic E-state index is 0.117. The van der Waals surface area contributed by atoms with Gasteiger partial charge in [-0.05, 0) is 38.2 Å². The van der Waals surface area contributed by atoms with Crippen molar-refractivity contribution < 1.29 is 17.9 Å². The Morgan fingerprint density at radius 1 is 1.15 bits per heavy atom. The van der Waals surface area contributed by atoms with E-state index in [2.05, 4.69) is 15.0 Å². The summed E-state index contributed by atoms with van der Waals surface area (Å²) in [6.45, 7) is 1.96. The monoisotopic (exact) mass is 385 g/mol. The molecule has 0 saturated carbocycles. The number of para-hydroxylation sites is 1. The highest BCUT2D eigenvalue weighted by atomic mass is 32.2. The summed E-state index contributed by atoms with van der Waals surface area (Å²) >= 11 is 0. The molecule has 0 saturated heterocycles. The maximum absolute atomic E-state index is 12.4. The van der Waals surface area contributed by atoms with Gasteiger partial charge in [0.25, 0.3) is 0 Å². The summed E-state index contributed by atoms with van der Waals surface area (Å²) in [5.74, 6) is -0.503. The third kappa shape index (κ3) is 3.91. The Morgan fingerprint density at radius 3 is 2.67 bits per heavy atom. The first kappa shape index (κ1) is 18.8. The zero-order valence-corrected chi connectivity index (χ0v) is 15.7. The predicted octanol–water partition coefficient (Wildman–Crippen LogP) is 3.06. The second-order valence-corrected chi connectivity index (χ2v) is 7.53. The number of sulfonamides is 1. The molecule has 140 valence electrons. The second-order valence-electron chi connectivity index (χ2n) is 5.64. The number of rotatable bonds is 6. The van der Waals surface area contributed by atoms with E-state index in [0.717, 1.165) is 5.39 Å². The van der Waals surface area contributed by atoms with Crippen LogP contribution in [0.15, 0.2) is 59.6 Å². The van der Waals surface area contributed by atoms with Crippen LogP contribution in [0, 0.1) is 0 Å². The summed E-state index contributed by atoms with van der Waals surface area (Å²) in [7, 11) is -2.23. The van der Waals surface area contributed by atoms with Gasteiger partial charge >= 0.3 is 5.97 Å². The van der Waals surface area contributed by atoms with Gasteiger partial charge in [-0.3, -0.25) is 4.98 Å². The highest BCUT2D eigenvalue weighted by molar-refractivity contribution is 7.89. The van der Waals surface area contributed by atoms with E-state index < -0.39 is 16.0 Å². The van der Waals surface area contributed by atoms with E-state index in [-0.39, 0.29) is 17.1 Å². The fourth-order valence-electron chi connectivity index (χ4n) is 2.64. The van der Waals surface area contributed by atoms with E-state index in [1.807, 2.05) is 24.3 Å². The van der Waals surface area contributed by atoms with Crippen molar-refractivity contribution in [3.8, 4) is 0 Å². The predicted molar refractivity (Wildman–Crippen MR) is 104 cm³/mol. The summed E-state index contributed by atoms with van der Waals surface area (Å²) in [5.41, 5.74) is 2.01. The van der Waals surface area contributed by atoms with Crippen LogP contribution < -0.4 is 10.0 Å². The van der Waals surface area contributed by atoms with Crippen molar-refractivity contribution >= 4 is 38.3 Å². The van der Waals surface area contributed by atoms with Gasteiger partial charge in [0.15, 0.2) is 0 Å². The molecule has 0 aliphatic heterocycles. The number of nitrogens with zero attached hydrogens (tertiary/aromatic N) is 1. The molecule has 0 radical (unpaired) electrons. The molecule has 2 aromatic carbocycles. The topological polar surface area (TPSA) is 97.4 Å². The molecule has 27 heavy (non-hydrogen) atoms. The number of ether oxygens (including phenoxy) is 1. The van der Waals surface area contributed by atoms with E-state index >= 15 is 0 Å². The van der Waals surface area contributed by atoms with Crippen LogP contribution in [0.25, 0.3) is 10.9 Å². The number of esters is 1. The summed E-state index contributed by atoms with van der Waals surface area (Å²) < 4.78 is 31.5. The number of hydrogen-bond donors (Lipinski definition) is 2. The van der Waals surface area contributed by atoms with Gasteiger partial charge in [-0.15, -0.1) is 0 Å². The Kier molecular flexibility index (Phi) is 5.38. The maximum Gasteiger partial charge on any atom is 0.341 e. The van der Waals surface area contributed by atoms with Crippen LogP contribution in [0.1, 0.15) is 17.3 Å². The smallest absolute Gasteiger partial charge is 0.341 e. The molecule has 0 atom stereocenters. The second kappa shape index (κ2) is 7.73. The molecular weight excluding hydrogens is 366 g/mol. The lowest BCUT2D eigenvalue weighted by Crippen LogP contribution is -2.18. The summed E-state index contributed by atoms with van der Waals surface area (Å²) in [4.78, 5) is 16.8. The first-order chi connectivity index (χ1) is 13.0. The molecule has 2 N–H and O–H groups in total. The van der Waals surface area contributed by atoms with Gasteiger partial charge < -0.3 is 10.1 Å². The minimum Gasteiger partial charge on any atom is -0.462 e. The standard InChI is InChI=1S/C19H19N3O4S/c1-3-26-19(23)16-12-21-17-10-5-4-9-15(17)18(16)22-13-7-6-8-14(11-13)27(24,25)20-2/h4-12,20H,3H2,1-2H3,(H,21,22). The van der Waals surface area contributed by atoms with Crippen molar-refractivity contribution in [1.29, 1.82) is 0 Å². The molecule has 0 spiro atoms. The Morgan fingerprint density at radius 2 is 1.93 bits per heavy atom. The highest BCUT2D eigenvalue weighted by Crippen LogP contribution is 2.30. The van der Waals surface area contributed by atoms with Gasteiger partial charge in [-0.2, -0.15) is 0 Å². The van der Waals surface area contributed by atoms with E-state index in [0.29, 0.717) is 16.9 Å². The number of nitrogens with one attached hydrogen (secondary N) is 2. The molecule has 3 rings (SSSR count). The molecule has 0 aliphatic carbocycles. The van der Waals surface area contributed by atoms with Crippen LogP contribution in [0.3, 0.4) is 0 Å². The first-order valence-corrected chi connectivity index (χ1v) is 9.80. The molecule has 0 fully saturated rings. The van der Waals surface area contributed by atoms with Gasteiger partial charge in [-0.25, -0.2) is 17.9 Å². The number of pyridine rings is 1. The normalized spacial score (nSPS) is 11.3. The maximum atomic E-state index is 12.4. The Labute approximate surface area is 157 Å². The van der Waals surface area contributed by atoms with Crippen LogP contribution in [-0.4, -0.2) is 33.0 Å². The number of fused-ring (bicyclic) bond motifs is 1. The van der Waals surface area contributed by atoms with Crippen LogP contribution >= 0.6 is 0 Å². The quantitative estimate of drug-likeness (QED) is 0.633. The van der Waals surface area contributed by atoms with Crippen LogP contribution in [0.4, 0.5) is 11.4 Å². The van der Waals surface area contributed by atoms with Crippen LogP contribution in [0.2, 0.25) is 0 Å². The van der Waals surface area contributed by atoms with Gasteiger partial charge in [0, 0.05) is 17.3 Å². The molecular formula is C19H19N3O4S. The largest absolute Gasteiger partial charge is 0.462 e. The van der Waals surface area contributed by atoms with Crippen molar-refractivity contribution in [2.45, 2.75) is 11.8 Å². The molecule has 3 aromatic rings. The number of carbonyl (C=O) groups excluding carboxylic acids is 1.